The maximum absolute atomic E-state index is 13.0. The lowest BCUT2D eigenvalue weighted by Gasteiger charge is -2.36. The van der Waals surface area contributed by atoms with Crippen molar-refractivity contribution in [1.82, 2.24) is 15.3 Å². The average Bonchev–Trinajstić information content (AvgIpc) is 2.67. The zero-order valence-corrected chi connectivity index (χ0v) is 14.3. The van der Waals surface area contributed by atoms with E-state index in [0.29, 0.717) is 12.2 Å². The number of amides is 1. The number of piperazine rings is 1. The fourth-order valence-electron chi connectivity index (χ4n) is 2.78. The van der Waals surface area contributed by atoms with Gasteiger partial charge in [-0.05, 0) is 30.7 Å². The number of carbonyl (C=O) groups excluding carboxylic acids is 1. The van der Waals surface area contributed by atoms with Crippen LogP contribution in [0.3, 0.4) is 0 Å². The van der Waals surface area contributed by atoms with E-state index in [0.717, 1.165) is 44.1 Å². The summed E-state index contributed by atoms with van der Waals surface area (Å²) in [6.07, 6.45) is 4.05. The molecule has 1 aliphatic heterocycles. The van der Waals surface area contributed by atoms with Crippen LogP contribution in [-0.4, -0.2) is 48.6 Å². The van der Waals surface area contributed by atoms with Crippen LogP contribution in [-0.2, 0) is 0 Å². The first-order valence-corrected chi connectivity index (χ1v) is 8.53. The number of carbonyl (C=O) groups is 1. The van der Waals surface area contributed by atoms with Gasteiger partial charge in [-0.1, -0.05) is 6.92 Å². The number of halogens is 1. The fraction of sp³-hybridized carbons (Fsp3) is 0.389. The standard InChI is InChI=1S/C18H22FN5O/c1-2-7-20-18(25)16-12-22-17(13-21-16)24-10-8-23(9-11-24)15-5-3-14(19)4-6-15/h3-6,12-13H,2,7-11H2,1H3,(H,20,25). The van der Waals surface area contributed by atoms with Crippen LogP contribution in [0.15, 0.2) is 36.7 Å². The van der Waals surface area contributed by atoms with Crippen LogP contribution < -0.4 is 15.1 Å². The highest BCUT2D eigenvalue weighted by Gasteiger charge is 2.19. The van der Waals surface area contributed by atoms with E-state index in [1.54, 1.807) is 18.3 Å². The molecule has 1 saturated heterocycles. The number of aromatic nitrogens is 2. The summed E-state index contributed by atoms with van der Waals surface area (Å²) in [5, 5.41) is 2.79. The molecule has 25 heavy (non-hydrogen) atoms. The minimum Gasteiger partial charge on any atom is -0.368 e. The van der Waals surface area contributed by atoms with Crippen molar-refractivity contribution in [2.45, 2.75) is 13.3 Å². The van der Waals surface area contributed by atoms with Gasteiger partial charge in [-0.3, -0.25) is 4.79 Å². The monoisotopic (exact) mass is 343 g/mol. The molecule has 2 heterocycles. The predicted molar refractivity (Wildman–Crippen MR) is 95.5 cm³/mol. The lowest BCUT2D eigenvalue weighted by molar-refractivity contribution is 0.0948. The molecule has 0 saturated carbocycles. The van der Waals surface area contributed by atoms with Crippen molar-refractivity contribution < 1.29 is 9.18 Å². The molecule has 7 heteroatoms. The van der Waals surface area contributed by atoms with Crippen LogP contribution >= 0.6 is 0 Å². The molecule has 0 unspecified atom stereocenters. The Hall–Kier alpha value is -2.70. The summed E-state index contributed by atoms with van der Waals surface area (Å²) >= 11 is 0. The van der Waals surface area contributed by atoms with Gasteiger partial charge < -0.3 is 15.1 Å². The van der Waals surface area contributed by atoms with Gasteiger partial charge in [0.25, 0.3) is 5.91 Å². The Kier molecular flexibility index (Phi) is 5.42. The van der Waals surface area contributed by atoms with Gasteiger partial charge in [0, 0.05) is 38.4 Å². The molecule has 0 atom stereocenters. The molecule has 0 spiro atoms. The summed E-state index contributed by atoms with van der Waals surface area (Å²) in [4.78, 5) is 24.8. The first kappa shape index (κ1) is 17.1. The van der Waals surface area contributed by atoms with Crippen LogP contribution in [0.5, 0.6) is 0 Å². The summed E-state index contributed by atoms with van der Waals surface area (Å²) in [7, 11) is 0. The smallest absolute Gasteiger partial charge is 0.271 e. The lowest BCUT2D eigenvalue weighted by atomic mass is 10.2. The first-order valence-electron chi connectivity index (χ1n) is 8.53. The van der Waals surface area contributed by atoms with Crippen LogP contribution in [0, 0.1) is 5.82 Å². The quantitative estimate of drug-likeness (QED) is 0.901. The van der Waals surface area contributed by atoms with Crippen molar-refractivity contribution in [1.29, 1.82) is 0 Å². The Balaban J connectivity index is 1.57. The Morgan fingerprint density at radius 2 is 1.76 bits per heavy atom. The number of anilines is 2. The SMILES string of the molecule is CCCNC(=O)c1cnc(N2CCN(c3ccc(F)cc3)CC2)cn1. The van der Waals surface area contributed by atoms with E-state index in [4.69, 9.17) is 0 Å². The van der Waals surface area contributed by atoms with Gasteiger partial charge in [0.05, 0.1) is 12.4 Å². The molecular weight excluding hydrogens is 321 g/mol. The normalized spacial score (nSPS) is 14.5. The lowest BCUT2D eigenvalue weighted by Crippen LogP contribution is -2.46. The van der Waals surface area contributed by atoms with Crippen molar-refractivity contribution in [3.05, 3.63) is 48.2 Å². The van der Waals surface area contributed by atoms with Crippen LogP contribution in [0.2, 0.25) is 0 Å². The van der Waals surface area contributed by atoms with E-state index < -0.39 is 0 Å². The largest absolute Gasteiger partial charge is 0.368 e. The van der Waals surface area contributed by atoms with E-state index in [-0.39, 0.29) is 11.7 Å². The second-order valence-electron chi connectivity index (χ2n) is 5.97. The van der Waals surface area contributed by atoms with Crippen molar-refractivity contribution in [2.75, 3.05) is 42.5 Å². The van der Waals surface area contributed by atoms with Gasteiger partial charge in [0.2, 0.25) is 0 Å². The minimum atomic E-state index is -0.222. The van der Waals surface area contributed by atoms with Crippen LogP contribution in [0.4, 0.5) is 15.9 Å². The molecular formula is C18H22FN5O. The topological polar surface area (TPSA) is 61.4 Å². The summed E-state index contributed by atoms with van der Waals surface area (Å²) in [5.41, 5.74) is 1.36. The third-order valence-electron chi connectivity index (χ3n) is 4.20. The van der Waals surface area contributed by atoms with E-state index in [1.165, 1.54) is 18.3 Å². The highest BCUT2D eigenvalue weighted by molar-refractivity contribution is 5.91. The van der Waals surface area contributed by atoms with Gasteiger partial charge in [0.1, 0.15) is 17.3 Å². The number of hydrogen-bond acceptors (Lipinski definition) is 5. The van der Waals surface area contributed by atoms with E-state index >= 15 is 0 Å². The number of nitrogens with one attached hydrogen (secondary N) is 1. The third-order valence-corrected chi connectivity index (χ3v) is 4.20. The Labute approximate surface area is 146 Å². The van der Waals surface area contributed by atoms with Crippen molar-refractivity contribution >= 4 is 17.4 Å². The maximum Gasteiger partial charge on any atom is 0.271 e. The minimum absolute atomic E-state index is 0.193. The van der Waals surface area contributed by atoms with Crippen LogP contribution in [0.25, 0.3) is 0 Å². The van der Waals surface area contributed by atoms with E-state index in [9.17, 15) is 9.18 Å². The van der Waals surface area contributed by atoms with Gasteiger partial charge >= 0.3 is 0 Å². The number of nitrogens with zero attached hydrogens (tertiary/aromatic N) is 4. The number of hydrogen-bond donors (Lipinski definition) is 1. The van der Waals surface area contributed by atoms with Gasteiger partial charge in [-0.2, -0.15) is 0 Å². The van der Waals surface area contributed by atoms with E-state index in [1.807, 2.05) is 6.92 Å². The van der Waals surface area contributed by atoms with Gasteiger partial charge in [0.15, 0.2) is 0 Å². The van der Waals surface area contributed by atoms with Crippen molar-refractivity contribution in [3.8, 4) is 0 Å². The highest BCUT2D eigenvalue weighted by atomic mass is 19.1. The summed E-state index contributed by atoms with van der Waals surface area (Å²) in [5.74, 6) is 0.355. The molecule has 1 N–H and O–H groups in total. The third kappa shape index (κ3) is 4.23. The molecule has 132 valence electrons. The molecule has 3 rings (SSSR count). The molecule has 1 fully saturated rings. The molecule has 0 radical (unpaired) electrons. The Bertz CT molecular complexity index is 696. The number of benzene rings is 1. The zero-order valence-electron chi connectivity index (χ0n) is 14.3. The molecule has 2 aromatic rings. The summed E-state index contributed by atoms with van der Waals surface area (Å²) in [6.45, 7) is 5.88. The van der Waals surface area contributed by atoms with Crippen molar-refractivity contribution in [2.24, 2.45) is 0 Å². The molecule has 0 aliphatic carbocycles. The van der Waals surface area contributed by atoms with Crippen LogP contribution in [0.1, 0.15) is 23.8 Å². The Morgan fingerprint density at radius 1 is 1.08 bits per heavy atom. The van der Waals surface area contributed by atoms with Crippen molar-refractivity contribution in [3.63, 3.8) is 0 Å². The molecule has 6 nitrogen and oxygen atoms in total. The number of rotatable bonds is 5. The highest BCUT2D eigenvalue weighted by Crippen LogP contribution is 2.19. The van der Waals surface area contributed by atoms with E-state index in [2.05, 4.69) is 25.1 Å². The Morgan fingerprint density at radius 3 is 2.36 bits per heavy atom. The van der Waals surface area contributed by atoms with Gasteiger partial charge in [-0.25, -0.2) is 14.4 Å². The second kappa shape index (κ2) is 7.92. The molecule has 1 aromatic carbocycles. The molecule has 1 aliphatic rings. The fourth-order valence-corrected chi connectivity index (χ4v) is 2.78. The zero-order chi connectivity index (χ0) is 17.6. The molecule has 0 bridgehead atoms. The summed E-state index contributed by atoms with van der Waals surface area (Å²) in [6, 6.07) is 6.56. The summed E-state index contributed by atoms with van der Waals surface area (Å²) < 4.78 is 13.0. The molecule has 1 aromatic heterocycles. The molecule has 1 amide bonds. The van der Waals surface area contributed by atoms with Gasteiger partial charge in [-0.15, -0.1) is 0 Å². The maximum atomic E-state index is 13.0. The first-order chi connectivity index (χ1) is 12.2. The second-order valence-corrected chi connectivity index (χ2v) is 5.97. The predicted octanol–water partition coefficient (Wildman–Crippen LogP) is 2.08. The average molecular weight is 343 g/mol.